The second-order valence-electron chi connectivity index (χ2n) is 2.46. The van der Waals surface area contributed by atoms with Gasteiger partial charge >= 0.3 is 0 Å². The molecule has 0 spiro atoms. The van der Waals surface area contributed by atoms with Crippen LogP contribution in [0.2, 0.25) is 0 Å². The van der Waals surface area contributed by atoms with E-state index in [9.17, 15) is 8.78 Å². The van der Waals surface area contributed by atoms with Crippen LogP contribution in [0.5, 0.6) is 0 Å². The van der Waals surface area contributed by atoms with Crippen molar-refractivity contribution in [3.8, 4) is 0 Å². The Bertz CT molecular complexity index is 77.8. The molecule has 0 rings (SSSR count). The molecule has 0 unspecified atom stereocenters. The lowest BCUT2D eigenvalue weighted by molar-refractivity contribution is 0.0737. The summed E-state index contributed by atoms with van der Waals surface area (Å²) in [6.07, 6.45) is -2.85. The first-order valence-electron chi connectivity index (χ1n) is 3.17. The summed E-state index contributed by atoms with van der Waals surface area (Å²) in [5.74, 6) is 0. The Morgan fingerprint density at radius 1 is 1.40 bits per heavy atom. The number of hydrogen-bond acceptors (Lipinski definition) is 2. The second kappa shape index (κ2) is 4.57. The van der Waals surface area contributed by atoms with Gasteiger partial charge in [-0.05, 0) is 14.0 Å². The normalized spacial score (nSPS) is 14.7. The van der Waals surface area contributed by atoms with Crippen molar-refractivity contribution in [3.05, 3.63) is 0 Å². The zero-order valence-electron chi connectivity index (χ0n) is 6.22. The molecule has 1 atom stereocenters. The highest BCUT2D eigenvalue weighted by atomic mass is 19.3. The summed E-state index contributed by atoms with van der Waals surface area (Å²) in [5, 5.41) is 8.75. The van der Waals surface area contributed by atoms with Crippen molar-refractivity contribution in [3.63, 3.8) is 0 Å². The van der Waals surface area contributed by atoms with Crippen LogP contribution >= 0.6 is 0 Å². The van der Waals surface area contributed by atoms with Crippen molar-refractivity contribution < 1.29 is 13.9 Å². The van der Waals surface area contributed by atoms with Crippen LogP contribution in [-0.4, -0.2) is 42.7 Å². The minimum Gasteiger partial charge on any atom is -0.392 e. The Morgan fingerprint density at radius 2 is 1.90 bits per heavy atom. The topological polar surface area (TPSA) is 23.5 Å². The summed E-state index contributed by atoms with van der Waals surface area (Å²) in [6, 6.07) is 0. The number of halogens is 2. The van der Waals surface area contributed by atoms with Gasteiger partial charge in [0.1, 0.15) is 0 Å². The van der Waals surface area contributed by atoms with Crippen LogP contribution in [0.15, 0.2) is 0 Å². The van der Waals surface area contributed by atoms with Gasteiger partial charge in [-0.2, -0.15) is 0 Å². The van der Waals surface area contributed by atoms with E-state index in [0.29, 0.717) is 6.54 Å². The van der Waals surface area contributed by atoms with Crippen LogP contribution in [0.25, 0.3) is 0 Å². The molecule has 62 valence electrons. The maximum Gasteiger partial charge on any atom is 0.251 e. The van der Waals surface area contributed by atoms with Gasteiger partial charge in [0.15, 0.2) is 0 Å². The molecule has 4 heteroatoms. The number of rotatable bonds is 4. The summed E-state index contributed by atoms with van der Waals surface area (Å²) in [7, 11) is 1.55. The lowest BCUT2D eigenvalue weighted by Gasteiger charge is -2.16. The fourth-order valence-corrected chi connectivity index (χ4v) is 0.761. The summed E-state index contributed by atoms with van der Waals surface area (Å²) in [5.41, 5.74) is 0. The molecule has 10 heavy (non-hydrogen) atoms. The molecule has 0 aromatic heterocycles. The third kappa shape index (κ3) is 5.91. The average Bonchev–Trinajstić information content (AvgIpc) is 1.58. The smallest absolute Gasteiger partial charge is 0.251 e. The van der Waals surface area contributed by atoms with Crippen LogP contribution in [-0.2, 0) is 0 Å². The Hall–Kier alpha value is -0.220. The maximum absolute atomic E-state index is 11.6. The predicted molar refractivity (Wildman–Crippen MR) is 35.2 cm³/mol. The zero-order chi connectivity index (χ0) is 8.15. The van der Waals surface area contributed by atoms with E-state index in [2.05, 4.69) is 0 Å². The molecule has 0 saturated heterocycles. The van der Waals surface area contributed by atoms with Crippen molar-refractivity contribution in [2.24, 2.45) is 0 Å². The standard InChI is InChI=1S/C6H13F2NO/c1-5(10)3-9(2)4-6(7)8/h5-6,10H,3-4H2,1-2H3/t5-/m0/s1. The molecule has 0 fully saturated rings. The first-order valence-corrected chi connectivity index (χ1v) is 3.17. The highest BCUT2D eigenvalue weighted by molar-refractivity contribution is 4.56. The van der Waals surface area contributed by atoms with Crippen molar-refractivity contribution in [2.45, 2.75) is 19.5 Å². The number of nitrogens with zero attached hydrogens (tertiary/aromatic N) is 1. The van der Waals surface area contributed by atoms with Gasteiger partial charge in [0, 0.05) is 6.54 Å². The molecule has 1 N–H and O–H groups in total. The van der Waals surface area contributed by atoms with Gasteiger partial charge in [0.2, 0.25) is 0 Å². The summed E-state index contributed by atoms with van der Waals surface area (Å²) in [4.78, 5) is 1.40. The first-order chi connectivity index (χ1) is 4.52. The average molecular weight is 153 g/mol. The van der Waals surface area contributed by atoms with E-state index < -0.39 is 12.5 Å². The van der Waals surface area contributed by atoms with E-state index in [1.54, 1.807) is 14.0 Å². The minimum atomic E-state index is -2.32. The molecule has 0 amide bonds. The van der Waals surface area contributed by atoms with E-state index in [0.717, 1.165) is 0 Å². The van der Waals surface area contributed by atoms with Crippen molar-refractivity contribution >= 4 is 0 Å². The number of alkyl halides is 2. The Balaban J connectivity index is 3.34. The van der Waals surface area contributed by atoms with E-state index in [4.69, 9.17) is 5.11 Å². The van der Waals surface area contributed by atoms with Gasteiger partial charge in [-0.25, -0.2) is 8.78 Å². The van der Waals surface area contributed by atoms with Gasteiger partial charge in [-0.1, -0.05) is 0 Å². The molecular formula is C6H13F2NO. The molecule has 0 aromatic carbocycles. The number of likely N-dealkylation sites (N-methyl/N-ethyl adjacent to an activating group) is 1. The molecule has 0 aliphatic rings. The van der Waals surface area contributed by atoms with Gasteiger partial charge in [0.25, 0.3) is 6.43 Å². The van der Waals surface area contributed by atoms with Gasteiger partial charge in [0.05, 0.1) is 12.6 Å². The van der Waals surface area contributed by atoms with E-state index in [1.807, 2.05) is 0 Å². The molecule has 0 aliphatic carbocycles. The summed E-state index contributed by atoms with van der Waals surface area (Å²) < 4.78 is 23.2. The molecular weight excluding hydrogens is 140 g/mol. The largest absolute Gasteiger partial charge is 0.392 e. The van der Waals surface area contributed by atoms with Crippen molar-refractivity contribution in [2.75, 3.05) is 20.1 Å². The van der Waals surface area contributed by atoms with Crippen molar-refractivity contribution in [1.82, 2.24) is 4.90 Å². The number of aliphatic hydroxyl groups is 1. The predicted octanol–water partition coefficient (Wildman–Crippen LogP) is 0.564. The molecule has 0 saturated carbocycles. The van der Waals surface area contributed by atoms with Gasteiger partial charge in [-0.3, -0.25) is 4.90 Å². The van der Waals surface area contributed by atoms with Gasteiger partial charge < -0.3 is 5.11 Å². The molecule has 0 aliphatic heterocycles. The third-order valence-corrected chi connectivity index (χ3v) is 1.03. The molecule has 0 bridgehead atoms. The Kier molecular flexibility index (Phi) is 4.47. The van der Waals surface area contributed by atoms with Crippen LogP contribution in [0.3, 0.4) is 0 Å². The molecule has 0 aromatic rings. The van der Waals surface area contributed by atoms with Crippen LogP contribution in [0.1, 0.15) is 6.92 Å². The lowest BCUT2D eigenvalue weighted by atomic mass is 10.4. The zero-order valence-corrected chi connectivity index (χ0v) is 6.22. The number of hydrogen-bond donors (Lipinski definition) is 1. The monoisotopic (exact) mass is 153 g/mol. The second-order valence-corrected chi connectivity index (χ2v) is 2.46. The van der Waals surface area contributed by atoms with Gasteiger partial charge in [-0.15, -0.1) is 0 Å². The first kappa shape index (κ1) is 9.78. The Morgan fingerprint density at radius 3 is 2.20 bits per heavy atom. The quantitative estimate of drug-likeness (QED) is 0.638. The highest BCUT2D eigenvalue weighted by Crippen LogP contribution is 1.96. The van der Waals surface area contributed by atoms with Crippen molar-refractivity contribution in [1.29, 1.82) is 0 Å². The maximum atomic E-state index is 11.6. The lowest BCUT2D eigenvalue weighted by Crippen LogP contribution is -2.31. The minimum absolute atomic E-state index is 0.273. The van der Waals surface area contributed by atoms with Crippen LogP contribution in [0, 0.1) is 0 Å². The van der Waals surface area contributed by atoms with E-state index >= 15 is 0 Å². The molecule has 2 nitrogen and oxygen atoms in total. The number of aliphatic hydroxyl groups excluding tert-OH is 1. The Labute approximate surface area is 59.4 Å². The fraction of sp³-hybridized carbons (Fsp3) is 1.00. The molecule has 0 radical (unpaired) electrons. The highest BCUT2D eigenvalue weighted by Gasteiger charge is 2.08. The third-order valence-electron chi connectivity index (χ3n) is 1.03. The molecule has 0 heterocycles. The summed E-state index contributed by atoms with van der Waals surface area (Å²) in [6.45, 7) is 1.59. The van der Waals surface area contributed by atoms with E-state index in [1.165, 1.54) is 4.90 Å². The SMILES string of the molecule is C[C@H](O)CN(C)CC(F)F. The van der Waals surface area contributed by atoms with Crippen LogP contribution in [0.4, 0.5) is 8.78 Å². The summed E-state index contributed by atoms with van der Waals surface area (Å²) >= 11 is 0. The van der Waals surface area contributed by atoms with E-state index in [-0.39, 0.29) is 6.54 Å². The fourth-order valence-electron chi connectivity index (χ4n) is 0.761. The van der Waals surface area contributed by atoms with Crippen LogP contribution < -0.4 is 0 Å².